The molecule has 9 heteroatoms. The topological polar surface area (TPSA) is 96.9 Å². The highest BCUT2D eigenvalue weighted by Crippen LogP contribution is 2.37. The number of anilines is 2. The molecule has 0 fully saturated rings. The molecule has 3 aromatic rings. The molecule has 7 nitrogen and oxygen atoms in total. The van der Waals surface area contributed by atoms with Gasteiger partial charge in [-0.3, -0.25) is 4.79 Å². The molecular formula is C25H24BrClN2O5. The number of aryl methyl sites for hydroxylation is 1. The predicted molar refractivity (Wildman–Crippen MR) is 136 cm³/mol. The van der Waals surface area contributed by atoms with Gasteiger partial charge >= 0.3 is 5.97 Å². The molecule has 0 heterocycles. The lowest BCUT2D eigenvalue weighted by atomic mass is 10.1. The summed E-state index contributed by atoms with van der Waals surface area (Å²) in [7, 11) is 0. The molecule has 0 aliphatic heterocycles. The minimum absolute atomic E-state index is 0.0431. The maximum Gasteiger partial charge on any atom is 0.337 e. The van der Waals surface area contributed by atoms with Crippen LogP contribution in [0.5, 0.6) is 11.5 Å². The fourth-order valence-corrected chi connectivity index (χ4v) is 3.97. The number of ether oxygens (including phenoxy) is 2. The number of carboxylic acids is 1. The summed E-state index contributed by atoms with van der Waals surface area (Å²) in [6.45, 7) is 4.50. The van der Waals surface area contributed by atoms with E-state index in [0.717, 1.165) is 11.1 Å². The Morgan fingerprint density at radius 2 is 1.74 bits per heavy atom. The van der Waals surface area contributed by atoms with Crippen molar-refractivity contribution in [1.29, 1.82) is 0 Å². The second-order valence-corrected chi connectivity index (χ2v) is 8.66. The number of benzene rings is 3. The van der Waals surface area contributed by atoms with Crippen LogP contribution < -0.4 is 20.1 Å². The molecule has 0 aliphatic carbocycles. The number of nitrogens with one attached hydrogen (secondary N) is 2. The van der Waals surface area contributed by atoms with Crippen molar-refractivity contribution >= 4 is 50.8 Å². The number of carbonyl (C=O) groups is 2. The van der Waals surface area contributed by atoms with Crippen molar-refractivity contribution in [3.63, 3.8) is 0 Å². The number of carbonyl (C=O) groups excluding carboxylic acids is 1. The second-order valence-electron chi connectivity index (χ2n) is 7.39. The van der Waals surface area contributed by atoms with E-state index in [2.05, 4.69) is 26.6 Å². The lowest BCUT2D eigenvalue weighted by Gasteiger charge is -2.16. The van der Waals surface area contributed by atoms with E-state index in [0.29, 0.717) is 40.5 Å². The summed E-state index contributed by atoms with van der Waals surface area (Å²) in [5.74, 6) is -0.440. The average molecular weight is 548 g/mol. The first-order valence-corrected chi connectivity index (χ1v) is 11.6. The van der Waals surface area contributed by atoms with Crippen LogP contribution in [-0.4, -0.2) is 30.2 Å². The summed E-state index contributed by atoms with van der Waals surface area (Å²) in [5.41, 5.74) is 3.40. The quantitative estimate of drug-likeness (QED) is 0.282. The van der Waals surface area contributed by atoms with Crippen LogP contribution in [0.4, 0.5) is 11.4 Å². The summed E-state index contributed by atoms with van der Waals surface area (Å²) in [6.07, 6.45) is 0. The average Bonchev–Trinajstić information content (AvgIpc) is 2.78. The SMILES string of the molecule is CCOc1cc(CNc2ccc(C(=O)O)c(Cl)c2)cc(Br)c1OCC(=O)Nc1ccc(C)cc1. The molecule has 0 unspecified atom stereocenters. The van der Waals surface area contributed by atoms with Gasteiger partial charge in [0.15, 0.2) is 18.1 Å². The highest BCUT2D eigenvalue weighted by Gasteiger charge is 2.15. The fraction of sp³-hybridized carbons (Fsp3) is 0.200. The first-order chi connectivity index (χ1) is 16.3. The van der Waals surface area contributed by atoms with E-state index in [-0.39, 0.29) is 23.1 Å². The molecule has 34 heavy (non-hydrogen) atoms. The first kappa shape index (κ1) is 25.4. The van der Waals surface area contributed by atoms with E-state index in [9.17, 15) is 9.59 Å². The summed E-state index contributed by atoms with van der Waals surface area (Å²) >= 11 is 9.54. The van der Waals surface area contributed by atoms with Crippen LogP contribution in [0.15, 0.2) is 59.1 Å². The highest BCUT2D eigenvalue weighted by molar-refractivity contribution is 9.10. The van der Waals surface area contributed by atoms with Gasteiger partial charge in [-0.2, -0.15) is 0 Å². The largest absolute Gasteiger partial charge is 0.490 e. The van der Waals surface area contributed by atoms with Crippen molar-refractivity contribution in [3.8, 4) is 11.5 Å². The summed E-state index contributed by atoms with van der Waals surface area (Å²) in [4.78, 5) is 23.4. The molecule has 3 rings (SSSR count). The maximum atomic E-state index is 12.3. The molecule has 178 valence electrons. The molecule has 1 amide bonds. The molecule has 0 saturated heterocycles. The molecular weight excluding hydrogens is 524 g/mol. The molecule has 0 aliphatic rings. The Balaban J connectivity index is 1.67. The Labute approximate surface area is 211 Å². The third-order valence-corrected chi connectivity index (χ3v) is 5.65. The molecule has 0 aromatic heterocycles. The Hall–Kier alpha value is -3.23. The Morgan fingerprint density at radius 1 is 1.03 bits per heavy atom. The zero-order valence-electron chi connectivity index (χ0n) is 18.7. The van der Waals surface area contributed by atoms with Gasteiger partial charge in [0.25, 0.3) is 5.91 Å². The Kier molecular flexibility index (Phi) is 8.79. The summed E-state index contributed by atoms with van der Waals surface area (Å²) < 4.78 is 12.1. The van der Waals surface area contributed by atoms with Crippen LogP contribution in [-0.2, 0) is 11.3 Å². The lowest BCUT2D eigenvalue weighted by Crippen LogP contribution is -2.20. The third-order valence-electron chi connectivity index (χ3n) is 4.75. The van der Waals surface area contributed by atoms with Gasteiger partial charge in [-0.25, -0.2) is 4.79 Å². The number of halogens is 2. The van der Waals surface area contributed by atoms with Crippen LogP contribution in [0.25, 0.3) is 0 Å². The molecule has 0 radical (unpaired) electrons. The van der Waals surface area contributed by atoms with Crippen LogP contribution >= 0.6 is 27.5 Å². The highest BCUT2D eigenvalue weighted by atomic mass is 79.9. The van der Waals surface area contributed by atoms with E-state index >= 15 is 0 Å². The zero-order chi connectivity index (χ0) is 24.7. The lowest BCUT2D eigenvalue weighted by molar-refractivity contribution is -0.118. The Bertz CT molecular complexity index is 1180. The van der Waals surface area contributed by atoms with Crippen molar-refractivity contribution < 1.29 is 24.2 Å². The van der Waals surface area contributed by atoms with E-state index in [1.54, 1.807) is 12.1 Å². The fourth-order valence-electron chi connectivity index (χ4n) is 3.10. The molecule has 0 saturated carbocycles. The first-order valence-electron chi connectivity index (χ1n) is 10.5. The van der Waals surface area contributed by atoms with Gasteiger partial charge in [-0.05, 0) is 77.8 Å². The van der Waals surface area contributed by atoms with Gasteiger partial charge in [0.05, 0.1) is 21.7 Å². The molecule has 3 N–H and O–H groups in total. The van der Waals surface area contributed by atoms with Crippen molar-refractivity contribution in [2.45, 2.75) is 20.4 Å². The standard InChI is InChI=1S/C25H24BrClN2O5/c1-3-33-22-11-16(13-28-18-8-9-19(25(31)32)21(27)12-18)10-20(26)24(22)34-14-23(30)29-17-6-4-15(2)5-7-17/h4-12,28H,3,13-14H2,1-2H3,(H,29,30)(H,31,32). The minimum Gasteiger partial charge on any atom is -0.490 e. The van der Waals surface area contributed by atoms with Crippen molar-refractivity contribution in [2.75, 3.05) is 23.8 Å². The molecule has 0 atom stereocenters. The van der Waals surface area contributed by atoms with Gasteiger partial charge in [0, 0.05) is 17.9 Å². The third kappa shape index (κ3) is 6.88. The van der Waals surface area contributed by atoms with Crippen LogP contribution in [0, 0.1) is 6.92 Å². The number of aromatic carboxylic acids is 1. The van der Waals surface area contributed by atoms with Gasteiger partial charge in [-0.1, -0.05) is 29.3 Å². The smallest absolute Gasteiger partial charge is 0.337 e. The van der Waals surface area contributed by atoms with Gasteiger partial charge in [-0.15, -0.1) is 0 Å². The van der Waals surface area contributed by atoms with Crippen molar-refractivity contribution in [3.05, 3.63) is 80.8 Å². The van der Waals surface area contributed by atoms with E-state index < -0.39 is 5.97 Å². The van der Waals surface area contributed by atoms with Crippen LogP contribution in [0.1, 0.15) is 28.4 Å². The predicted octanol–water partition coefficient (Wildman–Crippen LogP) is 6.14. The van der Waals surface area contributed by atoms with E-state index in [1.165, 1.54) is 6.07 Å². The number of hydrogen-bond acceptors (Lipinski definition) is 5. The Morgan fingerprint density at radius 3 is 2.38 bits per heavy atom. The van der Waals surface area contributed by atoms with Crippen molar-refractivity contribution in [1.82, 2.24) is 0 Å². The van der Waals surface area contributed by atoms with Gasteiger partial charge < -0.3 is 25.2 Å². The van der Waals surface area contributed by atoms with Crippen molar-refractivity contribution in [2.24, 2.45) is 0 Å². The maximum absolute atomic E-state index is 12.3. The summed E-state index contributed by atoms with van der Waals surface area (Å²) in [5, 5.41) is 15.3. The molecule has 3 aromatic carbocycles. The zero-order valence-corrected chi connectivity index (χ0v) is 21.0. The van der Waals surface area contributed by atoms with E-state index in [1.807, 2.05) is 50.2 Å². The number of carboxylic acid groups (broad SMARTS) is 1. The van der Waals surface area contributed by atoms with Crippen LogP contribution in [0.2, 0.25) is 5.02 Å². The normalized spacial score (nSPS) is 10.5. The summed E-state index contributed by atoms with van der Waals surface area (Å²) in [6, 6.07) is 15.8. The van der Waals surface area contributed by atoms with Gasteiger partial charge in [0.1, 0.15) is 0 Å². The van der Waals surface area contributed by atoms with Crippen LogP contribution in [0.3, 0.4) is 0 Å². The minimum atomic E-state index is -1.08. The second kappa shape index (κ2) is 11.8. The number of rotatable bonds is 10. The number of amides is 1. The molecule has 0 bridgehead atoms. The molecule has 0 spiro atoms. The van der Waals surface area contributed by atoms with Gasteiger partial charge in [0.2, 0.25) is 0 Å². The monoisotopic (exact) mass is 546 g/mol. The number of hydrogen-bond donors (Lipinski definition) is 3. The van der Waals surface area contributed by atoms with E-state index in [4.69, 9.17) is 26.2 Å².